The van der Waals surface area contributed by atoms with Gasteiger partial charge in [-0.05, 0) is 36.4 Å². The maximum absolute atomic E-state index is 4.42. The van der Waals surface area contributed by atoms with Gasteiger partial charge < -0.3 is 4.90 Å². The second-order valence-corrected chi connectivity index (χ2v) is 12.3. The van der Waals surface area contributed by atoms with Crippen molar-refractivity contribution in [3.8, 4) is 0 Å². The standard InChI is InChI=1S/C19H22N2Si/c1-22(2,3)15-21(17-9-5-4-6-10-17)18-11-12-19-16(14-18)8-7-13-20-19/h4-14H,15H2,1-3H3. The molecule has 0 spiro atoms. The van der Waals surface area contributed by atoms with Crippen LogP contribution in [-0.4, -0.2) is 19.2 Å². The normalized spacial score (nSPS) is 11.6. The highest BCUT2D eigenvalue weighted by Crippen LogP contribution is 2.29. The molecule has 0 aliphatic heterocycles. The third-order valence-corrected chi connectivity index (χ3v) is 4.86. The van der Waals surface area contributed by atoms with Crippen LogP contribution in [0.1, 0.15) is 0 Å². The van der Waals surface area contributed by atoms with Crippen molar-refractivity contribution in [2.75, 3.05) is 11.1 Å². The minimum absolute atomic E-state index is 1.05. The van der Waals surface area contributed by atoms with Gasteiger partial charge in [-0.25, -0.2) is 0 Å². The first-order valence-corrected chi connectivity index (χ1v) is 11.4. The molecule has 3 heteroatoms. The van der Waals surface area contributed by atoms with Crippen molar-refractivity contribution in [1.82, 2.24) is 4.98 Å². The van der Waals surface area contributed by atoms with Crippen molar-refractivity contribution >= 4 is 30.4 Å². The van der Waals surface area contributed by atoms with E-state index in [0.717, 1.165) is 11.7 Å². The number of benzene rings is 2. The number of pyridine rings is 1. The zero-order chi connectivity index (χ0) is 15.6. The molecule has 22 heavy (non-hydrogen) atoms. The summed E-state index contributed by atoms with van der Waals surface area (Å²) in [7, 11) is -1.24. The van der Waals surface area contributed by atoms with E-state index in [1.807, 2.05) is 12.3 Å². The molecule has 0 atom stereocenters. The number of fused-ring (bicyclic) bond motifs is 1. The molecule has 1 aromatic heterocycles. The van der Waals surface area contributed by atoms with E-state index < -0.39 is 8.07 Å². The third-order valence-electron chi connectivity index (χ3n) is 3.60. The van der Waals surface area contributed by atoms with E-state index in [9.17, 15) is 0 Å². The summed E-state index contributed by atoms with van der Waals surface area (Å²) >= 11 is 0. The first-order valence-electron chi connectivity index (χ1n) is 7.70. The molecule has 3 aromatic rings. The summed E-state index contributed by atoms with van der Waals surface area (Å²) in [6.45, 7) is 7.22. The second kappa shape index (κ2) is 5.93. The van der Waals surface area contributed by atoms with E-state index in [-0.39, 0.29) is 0 Å². The SMILES string of the molecule is C[Si](C)(C)CN(c1ccccc1)c1ccc2ncccc2c1. The molecule has 0 fully saturated rings. The Morgan fingerprint density at radius 3 is 2.36 bits per heavy atom. The first kappa shape index (κ1) is 14.8. The molecular formula is C19H22N2Si. The fourth-order valence-electron chi connectivity index (χ4n) is 2.64. The van der Waals surface area contributed by atoms with Gasteiger partial charge >= 0.3 is 0 Å². The molecule has 112 valence electrons. The van der Waals surface area contributed by atoms with Crippen LogP contribution >= 0.6 is 0 Å². The first-order chi connectivity index (χ1) is 10.5. The lowest BCUT2D eigenvalue weighted by Gasteiger charge is -2.31. The van der Waals surface area contributed by atoms with Crippen LogP contribution in [-0.2, 0) is 0 Å². The molecule has 0 saturated carbocycles. The summed E-state index contributed by atoms with van der Waals surface area (Å²) in [4.78, 5) is 6.86. The molecule has 0 N–H and O–H groups in total. The van der Waals surface area contributed by atoms with Crippen LogP contribution in [0.25, 0.3) is 10.9 Å². The summed E-state index contributed by atoms with van der Waals surface area (Å²) in [5, 5.41) is 1.19. The minimum Gasteiger partial charge on any atom is -0.345 e. The van der Waals surface area contributed by atoms with Gasteiger partial charge in [0.15, 0.2) is 0 Å². The number of rotatable bonds is 4. The monoisotopic (exact) mass is 306 g/mol. The number of hydrogen-bond acceptors (Lipinski definition) is 2. The van der Waals surface area contributed by atoms with Gasteiger partial charge in [-0.1, -0.05) is 43.9 Å². The van der Waals surface area contributed by atoms with Gasteiger partial charge in [0.05, 0.1) is 13.6 Å². The topological polar surface area (TPSA) is 16.1 Å². The Bertz CT molecular complexity index is 763. The van der Waals surface area contributed by atoms with Crippen molar-refractivity contribution < 1.29 is 0 Å². The van der Waals surface area contributed by atoms with Crippen molar-refractivity contribution in [2.45, 2.75) is 19.6 Å². The Kier molecular flexibility index (Phi) is 3.99. The molecule has 0 aliphatic rings. The molecule has 0 aliphatic carbocycles. The number of aromatic nitrogens is 1. The quantitative estimate of drug-likeness (QED) is 0.612. The van der Waals surface area contributed by atoms with E-state index in [1.165, 1.54) is 16.8 Å². The van der Waals surface area contributed by atoms with E-state index in [2.05, 4.69) is 84.1 Å². The number of nitrogens with zero attached hydrogens (tertiary/aromatic N) is 2. The lowest BCUT2D eigenvalue weighted by atomic mass is 10.2. The molecule has 2 nitrogen and oxygen atoms in total. The van der Waals surface area contributed by atoms with Crippen LogP contribution in [0.15, 0.2) is 66.9 Å². The second-order valence-electron chi connectivity index (χ2n) is 6.86. The highest BCUT2D eigenvalue weighted by molar-refractivity contribution is 6.76. The Morgan fingerprint density at radius 1 is 0.864 bits per heavy atom. The smallest absolute Gasteiger partial charge is 0.0703 e. The Labute approximate surface area is 133 Å². The predicted octanol–water partition coefficient (Wildman–Crippen LogP) is 5.25. The Morgan fingerprint density at radius 2 is 1.64 bits per heavy atom. The van der Waals surface area contributed by atoms with Crippen LogP contribution < -0.4 is 4.90 Å². The maximum atomic E-state index is 4.42. The molecule has 0 amide bonds. The zero-order valence-corrected chi connectivity index (χ0v) is 14.5. The van der Waals surface area contributed by atoms with Gasteiger partial charge in [0.2, 0.25) is 0 Å². The van der Waals surface area contributed by atoms with Gasteiger partial charge in [0, 0.05) is 29.1 Å². The Balaban J connectivity index is 2.07. The third kappa shape index (κ3) is 3.36. The maximum Gasteiger partial charge on any atom is 0.0703 e. The summed E-state index contributed by atoms with van der Waals surface area (Å²) in [5.74, 6) is 0. The molecular weight excluding hydrogens is 284 g/mol. The number of hydrogen-bond donors (Lipinski definition) is 0. The highest BCUT2D eigenvalue weighted by atomic mass is 28.3. The summed E-state index contributed by atoms with van der Waals surface area (Å²) in [6, 6.07) is 21.3. The molecule has 1 heterocycles. The van der Waals surface area contributed by atoms with Crippen LogP contribution in [0.3, 0.4) is 0 Å². The summed E-state index contributed by atoms with van der Waals surface area (Å²) in [5.41, 5.74) is 3.55. The van der Waals surface area contributed by atoms with E-state index >= 15 is 0 Å². The molecule has 2 aromatic carbocycles. The van der Waals surface area contributed by atoms with Crippen LogP contribution in [0, 0.1) is 0 Å². The van der Waals surface area contributed by atoms with Gasteiger partial charge in [-0.15, -0.1) is 0 Å². The number of anilines is 2. The van der Waals surface area contributed by atoms with Gasteiger partial charge in [0.1, 0.15) is 0 Å². The largest absolute Gasteiger partial charge is 0.345 e. The molecule has 0 saturated heterocycles. The van der Waals surface area contributed by atoms with E-state index in [0.29, 0.717) is 0 Å². The van der Waals surface area contributed by atoms with Crippen LogP contribution in [0.5, 0.6) is 0 Å². The van der Waals surface area contributed by atoms with Crippen molar-refractivity contribution in [3.63, 3.8) is 0 Å². The van der Waals surface area contributed by atoms with E-state index in [1.54, 1.807) is 0 Å². The van der Waals surface area contributed by atoms with Crippen LogP contribution in [0.4, 0.5) is 11.4 Å². The van der Waals surface area contributed by atoms with Crippen molar-refractivity contribution in [3.05, 3.63) is 66.9 Å². The van der Waals surface area contributed by atoms with Gasteiger partial charge in [0.25, 0.3) is 0 Å². The summed E-state index contributed by atoms with van der Waals surface area (Å²) in [6.07, 6.45) is 2.95. The molecule has 0 bridgehead atoms. The predicted molar refractivity (Wildman–Crippen MR) is 98.5 cm³/mol. The average Bonchev–Trinajstić information content (AvgIpc) is 2.52. The lowest BCUT2D eigenvalue weighted by Crippen LogP contribution is -2.37. The Hall–Kier alpha value is -2.13. The highest BCUT2D eigenvalue weighted by Gasteiger charge is 2.20. The average molecular weight is 306 g/mol. The fourth-order valence-corrected chi connectivity index (χ4v) is 3.96. The van der Waals surface area contributed by atoms with Crippen molar-refractivity contribution in [1.29, 1.82) is 0 Å². The fraction of sp³-hybridized carbons (Fsp3) is 0.211. The van der Waals surface area contributed by atoms with Crippen LogP contribution in [0.2, 0.25) is 19.6 Å². The van der Waals surface area contributed by atoms with Gasteiger partial charge in [-0.2, -0.15) is 0 Å². The van der Waals surface area contributed by atoms with E-state index in [4.69, 9.17) is 0 Å². The zero-order valence-electron chi connectivity index (χ0n) is 13.5. The number of para-hydroxylation sites is 1. The summed E-state index contributed by atoms with van der Waals surface area (Å²) < 4.78 is 0. The molecule has 3 rings (SSSR count). The molecule has 0 radical (unpaired) electrons. The minimum atomic E-state index is -1.24. The van der Waals surface area contributed by atoms with Gasteiger partial charge in [-0.3, -0.25) is 4.98 Å². The lowest BCUT2D eigenvalue weighted by molar-refractivity contribution is 1.13. The molecule has 0 unspecified atom stereocenters. The van der Waals surface area contributed by atoms with Crippen molar-refractivity contribution in [2.24, 2.45) is 0 Å².